The van der Waals surface area contributed by atoms with E-state index in [9.17, 15) is 0 Å². The Morgan fingerprint density at radius 2 is 1.48 bits per heavy atom. The van der Waals surface area contributed by atoms with Gasteiger partial charge in [0.15, 0.2) is 0 Å². The van der Waals surface area contributed by atoms with Crippen LogP contribution in [0.3, 0.4) is 0 Å². The van der Waals surface area contributed by atoms with Crippen molar-refractivity contribution in [2.75, 3.05) is 0 Å². The van der Waals surface area contributed by atoms with Crippen LogP contribution in [0.15, 0.2) is 83.5 Å². The third-order valence-electron chi connectivity index (χ3n) is 3.63. The normalized spacial score (nSPS) is 10.3. The van der Waals surface area contributed by atoms with Gasteiger partial charge in [-0.3, -0.25) is 0 Å². The monoisotopic (exact) mass is 322 g/mol. The molecule has 0 unspecified atom stereocenters. The largest absolute Gasteiger partial charge is 1.00 e. The van der Waals surface area contributed by atoms with E-state index in [0.29, 0.717) is 0 Å². The molecular formula is C19H15ClN2O. The quantitative estimate of drug-likeness (QED) is 0.609. The number of H-pyrrole nitrogens is 2. The Balaban J connectivity index is 0.00000156. The molecular weight excluding hydrogens is 308 g/mol. The van der Waals surface area contributed by atoms with Gasteiger partial charge in [0.1, 0.15) is 29.5 Å². The highest BCUT2D eigenvalue weighted by atomic mass is 35.5. The molecule has 2 aromatic heterocycles. The van der Waals surface area contributed by atoms with Crippen LogP contribution in [0.25, 0.3) is 34.0 Å². The number of benzene rings is 2. The van der Waals surface area contributed by atoms with E-state index < -0.39 is 0 Å². The molecule has 0 amide bonds. The number of hydrogen-bond donors (Lipinski definition) is 1. The van der Waals surface area contributed by atoms with Gasteiger partial charge in [-0.2, -0.15) is 0 Å². The maximum atomic E-state index is 6.17. The lowest BCUT2D eigenvalue weighted by Crippen LogP contribution is -3.00. The molecule has 4 aromatic rings. The topological polar surface area (TPSA) is 43.1 Å². The summed E-state index contributed by atoms with van der Waals surface area (Å²) in [5.74, 6) is 2.65. The Morgan fingerprint density at radius 3 is 2.09 bits per heavy atom. The van der Waals surface area contributed by atoms with Gasteiger partial charge in [0.05, 0.1) is 0 Å². The van der Waals surface area contributed by atoms with Crippen molar-refractivity contribution in [2.45, 2.75) is 0 Å². The fraction of sp³-hybridized carbons (Fsp3) is 0. The second-order valence-electron chi connectivity index (χ2n) is 5.08. The van der Waals surface area contributed by atoms with Crippen molar-refractivity contribution in [2.24, 2.45) is 0 Å². The molecule has 0 saturated carbocycles. The number of aromatic amines is 2. The van der Waals surface area contributed by atoms with Crippen LogP contribution in [0.4, 0.5) is 0 Å². The van der Waals surface area contributed by atoms with Crippen molar-refractivity contribution >= 4 is 0 Å². The minimum absolute atomic E-state index is 0. The van der Waals surface area contributed by atoms with Gasteiger partial charge >= 0.3 is 0 Å². The Morgan fingerprint density at radius 1 is 0.826 bits per heavy atom. The Hall–Kier alpha value is -2.78. The summed E-state index contributed by atoms with van der Waals surface area (Å²) in [5, 5.41) is 0. The van der Waals surface area contributed by atoms with Gasteiger partial charge in [0.25, 0.3) is 5.82 Å². The number of imidazole rings is 1. The molecule has 0 aliphatic rings. The Bertz CT molecular complexity index is 868. The van der Waals surface area contributed by atoms with Crippen LogP contribution in [-0.4, -0.2) is 4.98 Å². The summed E-state index contributed by atoms with van der Waals surface area (Å²) < 4.78 is 6.17. The highest BCUT2D eigenvalue weighted by Crippen LogP contribution is 2.36. The minimum Gasteiger partial charge on any atom is -1.00 e. The summed E-state index contributed by atoms with van der Waals surface area (Å²) in [4.78, 5) is 6.43. The minimum atomic E-state index is 0. The zero-order chi connectivity index (χ0) is 14.8. The summed E-state index contributed by atoms with van der Waals surface area (Å²) in [6.45, 7) is 0. The Kier molecular flexibility index (Phi) is 4.31. The van der Waals surface area contributed by atoms with E-state index in [1.165, 1.54) is 0 Å². The van der Waals surface area contributed by atoms with E-state index in [1.54, 1.807) is 0 Å². The summed E-state index contributed by atoms with van der Waals surface area (Å²) in [6.07, 6.45) is 3.75. The third kappa shape index (κ3) is 2.91. The SMILES string of the molecule is [Cl-].c1ccc(-c2cc(-c3[nH]cc[nH+]3)c(-c3ccccc3)o2)cc1. The van der Waals surface area contributed by atoms with Crippen molar-refractivity contribution < 1.29 is 21.8 Å². The van der Waals surface area contributed by atoms with Crippen LogP contribution in [0, 0.1) is 0 Å². The molecule has 114 valence electrons. The first-order valence-electron chi connectivity index (χ1n) is 7.22. The van der Waals surface area contributed by atoms with Gasteiger partial charge in [-0.1, -0.05) is 60.7 Å². The van der Waals surface area contributed by atoms with Crippen molar-refractivity contribution in [3.63, 3.8) is 0 Å². The average Bonchev–Trinajstić information content (AvgIpc) is 3.26. The van der Waals surface area contributed by atoms with E-state index in [4.69, 9.17) is 4.42 Å². The maximum absolute atomic E-state index is 6.17. The summed E-state index contributed by atoms with van der Waals surface area (Å²) in [5.41, 5.74) is 3.15. The van der Waals surface area contributed by atoms with Crippen molar-refractivity contribution in [1.82, 2.24) is 4.98 Å². The molecule has 2 heterocycles. The lowest BCUT2D eigenvalue weighted by Gasteiger charge is -1.98. The predicted octanol–water partition coefficient (Wildman–Crippen LogP) is 1.43. The first-order valence-corrected chi connectivity index (χ1v) is 7.22. The molecule has 2 aromatic carbocycles. The van der Waals surface area contributed by atoms with Crippen molar-refractivity contribution in [1.29, 1.82) is 0 Å². The molecule has 0 saturated heterocycles. The summed E-state index contributed by atoms with van der Waals surface area (Å²) in [7, 11) is 0. The second kappa shape index (κ2) is 6.55. The van der Waals surface area contributed by atoms with E-state index in [-0.39, 0.29) is 12.4 Å². The molecule has 3 nitrogen and oxygen atoms in total. The standard InChI is InChI=1S/C19H14N2O.ClH/c1-3-7-14(8-4-1)17-13-16(19-20-11-12-21-19)18(22-17)15-9-5-2-6-10-15;/h1-13H,(H,20,21);1H. The van der Waals surface area contributed by atoms with E-state index in [0.717, 1.165) is 34.0 Å². The van der Waals surface area contributed by atoms with Gasteiger partial charge in [-0.05, 0) is 0 Å². The average molecular weight is 323 g/mol. The molecule has 0 atom stereocenters. The zero-order valence-corrected chi connectivity index (χ0v) is 13.0. The molecule has 2 N–H and O–H groups in total. The van der Waals surface area contributed by atoms with Crippen molar-refractivity contribution in [3.05, 3.63) is 79.1 Å². The molecule has 23 heavy (non-hydrogen) atoms. The molecule has 4 heteroatoms. The lowest BCUT2D eigenvalue weighted by molar-refractivity contribution is -0.362. The second-order valence-corrected chi connectivity index (χ2v) is 5.08. The number of furan rings is 1. The van der Waals surface area contributed by atoms with Gasteiger partial charge in [-0.25, -0.2) is 9.97 Å². The first kappa shape index (κ1) is 15.1. The van der Waals surface area contributed by atoms with Crippen LogP contribution in [0.5, 0.6) is 0 Å². The fourth-order valence-electron chi connectivity index (χ4n) is 2.57. The number of rotatable bonds is 3. The van der Waals surface area contributed by atoms with Crippen LogP contribution >= 0.6 is 0 Å². The molecule has 0 spiro atoms. The van der Waals surface area contributed by atoms with Crippen LogP contribution in [-0.2, 0) is 0 Å². The molecule has 0 bridgehead atoms. The highest BCUT2D eigenvalue weighted by molar-refractivity contribution is 5.79. The molecule has 0 aliphatic carbocycles. The number of halogens is 1. The molecule has 0 fully saturated rings. The molecule has 0 aliphatic heterocycles. The van der Waals surface area contributed by atoms with Gasteiger partial charge in [-0.15, -0.1) is 0 Å². The number of nitrogens with one attached hydrogen (secondary N) is 2. The number of aromatic nitrogens is 2. The maximum Gasteiger partial charge on any atom is 0.288 e. The van der Waals surface area contributed by atoms with Crippen LogP contribution in [0.2, 0.25) is 0 Å². The van der Waals surface area contributed by atoms with Crippen LogP contribution in [0.1, 0.15) is 0 Å². The van der Waals surface area contributed by atoms with Crippen LogP contribution < -0.4 is 17.4 Å². The lowest BCUT2D eigenvalue weighted by atomic mass is 10.1. The smallest absolute Gasteiger partial charge is 0.288 e. The van der Waals surface area contributed by atoms with Gasteiger partial charge in [0.2, 0.25) is 0 Å². The van der Waals surface area contributed by atoms with Crippen molar-refractivity contribution in [3.8, 4) is 34.0 Å². The van der Waals surface area contributed by atoms with E-state index in [2.05, 4.69) is 40.3 Å². The Labute approximate surface area is 140 Å². The molecule has 0 radical (unpaired) electrons. The summed E-state index contributed by atoms with van der Waals surface area (Å²) in [6, 6.07) is 22.4. The zero-order valence-electron chi connectivity index (χ0n) is 12.3. The fourth-order valence-corrected chi connectivity index (χ4v) is 2.57. The third-order valence-corrected chi connectivity index (χ3v) is 3.63. The van der Waals surface area contributed by atoms with E-state index >= 15 is 0 Å². The molecule has 4 rings (SSSR count). The van der Waals surface area contributed by atoms with E-state index in [1.807, 2.05) is 48.8 Å². The highest BCUT2D eigenvalue weighted by Gasteiger charge is 2.20. The van der Waals surface area contributed by atoms with Gasteiger partial charge in [0, 0.05) is 17.2 Å². The number of hydrogen-bond acceptors (Lipinski definition) is 1. The first-order chi connectivity index (χ1) is 10.9. The summed E-state index contributed by atoms with van der Waals surface area (Å²) >= 11 is 0. The van der Waals surface area contributed by atoms with Gasteiger partial charge < -0.3 is 16.8 Å². The predicted molar refractivity (Wildman–Crippen MR) is 85.9 cm³/mol.